The zero-order chi connectivity index (χ0) is 29.1. The van der Waals surface area contributed by atoms with E-state index < -0.39 is 12.0 Å². The molecule has 0 unspecified atom stereocenters. The first-order valence-corrected chi connectivity index (χ1v) is 14.3. The third-order valence-electron chi connectivity index (χ3n) is 8.36. The zero-order valence-corrected chi connectivity index (χ0v) is 23.7. The molecule has 1 saturated heterocycles. The van der Waals surface area contributed by atoms with Gasteiger partial charge in [-0.2, -0.15) is 0 Å². The number of benzene rings is 4. The van der Waals surface area contributed by atoms with Crippen LogP contribution in [0.25, 0.3) is 0 Å². The number of amides is 2. The highest BCUT2D eigenvalue weighted by Gasteiger charge is 2.45. The molecule has 0 spiro atoms. The van der Waals surface area contributed by atoms with Crippen molar-refractivity contribution in [3.05, 3.63) is 137 Å². The molecule has 0 aliphatic carbocycles. The average Bonchev–Trinajstić information content (AvgIpc) is 3.04. The number of hydrogen-bond donors (Lipinski definition) is 0. The average molecular weight is 564 g/mol. The smallest absolute Gasteiger partial charge is 0.255 e. The molecule has 2 aliphatic heterocycles. The lowest BCUT2D eigenvalue weighted by molar-refractivity contribution is -0.136. The summed E-state index contributed by atoms with van der Waals surface area (Å²) >= 11 is 0. The molecule has 4 aromatic carbocycles. The van der Waals surface area contributed by atoms with E-state index in [-0.39, 0.29) is 24.2 Å². The van der Waals surface area contributed by atoms with Gasteiger partial charge in [0.15, 0.2) is 0 Å². The molecule has 42 heavy (non-hydrogen) atoms. The fraction of sp³-hybridized carbons (Fsp3) is 0.257. The summed E-state index contributed by atoms with van der Waals surface area (Å²) in [6, 6.07) is 31.0. The van der Waals surface area contributed by atoms with Gasteiger partial charge in [0, 0.05) is 44.8 Å². The number of methoxy groups -OCH3 is 1. The monoisotopic (exact) mass is 563 g/mol. The second-order valence-corrected chi connectivity index (χ2v) is 10.9. The summed E-state index contributed by atoms with van der Waals surface area (Å²) in [4.78, 5) is 34.7. The van der Waals surface area contributed by atoms with Crippen LogP contribution in [0.4, 0.5) is 4.39 Å². The first-order chi connectivity index (χ1) is 20.5. The standard InChI is InChI=1S/C35H34FN3O3/c1-42-29-17-13-27(14-18-29)33-32(35(41)38-21-19-37(20-22-38)23-25-7-3-2-4-8-25)30-9-5-6-10-31(30)34(40)39(33)24-26-11-15-28(36)16-12-26/h2-18,32-33H,19-24H2,1H3/t32-,33+/m0/s1. The van der Waals surface area contributed by atoms with Crippen molar-refractivity contribution in [2.75, 3.05) is 33.3 Å². The quantitative estimate of drug-likeness (QED) is 0.291. The molecule has 0 N–H and O–H groups in total. The lowest BCUT2D eigenvalue weighted by Gasteiger charge is -2.44. The fourth-order valence-electron chi connectivity index (χ4n) is 6.16. The second kappa shape index (κ2) is 12.2. The summed E-state index contributed by atoms with van der Waals surface area (Å²) in [6.45, 7) is 3.89. The topological polar surface area (TPSA) is 53.1 Å². The van der Waals surface area contributed by atoms with E-state index in [4.69, 9.17) is 4.74 Å². The second-order valence-electron chi connectivity index (χ2n) is 10.9. The maximum Gasteiger partial charge on any atom is 0.255 e. The summed E-state index contributed by atoms with van der Waals surface area (Å²) in [6.07, 6.45) is 0. The summed E-state index contributed by atoms with van der Waals surface area (Å²) in [5.74, 6) is -0.357. The number of carbonyl (C=O) groups excluding carboxylic acids is 2. The Labute approximate surface area is 245 Å². The van der Waals surface area contributed by atoms with Gasteiger partial charge in [-0.1, -0.05) is 72.8 Å². The van der Waals surface area contributed by atoms with Gasteiger partial charge in [0.25, 0.3) is 5.91 Å². The van der Waals surface area contributed by atoms with Crippen molar-refractivity contribution in [1.82, 2.24) is 14.7 Å². The van der Waals surface area contributed by atoms with Gasteiger partial charge in [-0.3, -0.25) is 14.5 Å². The molecule has 1 fully saturated rings. The van der Waals surface area contributed by atoms with Crippen molar-refractivity contribution >= 4 is 11.8 Å². The molecule has 4 aromatic rings. The Balaban J connectivity index is 1.34. The predicted octanol–water partition coefficient (Wildman–Crippen LogP) is 5.66. The fourth-order valence-corrected chi connectivity index (χ4v) is 6.16. The van der Waals surface area contributed by atoms with Gasteiger partial charge in [-0.25, -0.2) is 4.39 Å². The van der Waals surface area contributed by atoms with Gasteiger partial charge in [0.1, 0.15) is 11.6 Å². The van der Waals surface area contributed by atoms with Crippen molar-refractivity contribution in [2.24, 2.45) is 0 Å². The van der Waals surface area contributed by atoms with Gasteiger partial charge in [-0.15, -0.1) is 0 Å². The Bertz CT molecular complexity index is 1530. The molecule has 0 bridgehead atoms. The van der Waals surface area contributed by atoms with E-state index in [1.54, 1.807) is 30.2 Å². The molecular weight excluding hydrogens is 529 g/mol. The highest BCUT2D eigenvalue weighted by atomic mass is 19.1. The van der Waals surface area contributed by atoms with Crippen molar-refractivity contribution in [3.63, 3.8) is 0 Å². The molecule has 7 heteroatoms. The first kappa shape index (κ1) is 27.7. The lowest BCUT2D eigenvalue weighted by atomic mass is 9.78. The van der Waals surface area contributed by atoms with E-state index in [2.05, 4.69) is 17.0 Å². The van der Waals surface area contributed by atoms with Crippen LogP contribution < -0.4 is 4.74 Å². The molecule has 6 nitrogen and oxygen atoms in total. The number of nitrogens with zero attached hydrogens (tertiary/aromatic N) is 3. The van der Waals surface area contributed by atoms with Gasteiger partial charge in [-0.05, 0) is 52.6 Å². The largest absolute Gasteiger partial charge is 0.497 e. The number of ether oxygens (including phenoxy) is 1. The van der Waals surface area contributed by atoms with Crippen LogP contribution in [0, 0.1) is 5.82 Å². The highest BCUT2D eigenvalue weighted by molar-refractivity contribution is 6.01. The third-order valence-corrected chi connectivity index (χ3v) is 8.36. The normalized spacial score (nSPS) is 19.0. The number of rotatable bonds is 7. The van der Waals surface area contributed by atoms with E-state index in [1.165, 1.54) is 17.7 Å². The number of halogens is 1. The lowest BCUT2D eigenvalue weighted by Crippen LogP contribution is -2.53. The van der Waals surface area contributed by atoms with Crippen molar-refractivity contribution < 1.29 is 18.7 Å². The van der Waals surface area contributed by atoms with Crippen LogP contribution in [0.15, 0.2) is 103 Å². The van der Waals surface area contributed by atoms with Gasteiger partial charge in [0.2, 0.25) is 5.91 Å². The van der Waals surface area contributed by atoms with Gasteiger partial charge >= 0.3 is 0 Å². The van der Waals surface area contributed by atoms with Crippen LogP contribution in [0.2, 0.25) is 0 Å². The summed E-state index contributed by atoms with van der Waals surface area (Å²) < 4.78 is 19.1. The van der Waals surface area contributed by atoms with Crippen LogP contribution >= 0.6 is 0 Å². The van der Waals surface area contributed by atoms with Crippen LogP contribution in [-0.2, 0) is 17.9 Å². The minimum atomic E-state index is -0.589. The first-order valence-electron chi connectivity index (χ1n) is 14.3. The molecular formula is C35H34FN3O3. The SMILES string of the molecule is COc1ccc([C@@H]2[C@@H](C(=O)N3CCN(Cc4ccccc4)CC3)c3ccccc3C(=O)N2Cc2ccc(F)cc2)cc1. The summed E-state index contributed by atoms with van der Waals surface area (Å²) in [5, 5.41) is 0. The molecule has 2 heterocycles. The maximum absolute atomic E-state index is 14.5. The third kappa shape index (κ3) is 5.65. The zero-order valence-electron chi connectivity index (χ0n) is 23.7. The van der Waals surface area contributed by atoms with Crippen LogP contribution in [0.3, 0.4) is 0 Å². The van der Waals surface area contributed by atoms with Crippen LogP contribution in [-0.4, -0.2) is 59.8 Å². The number of carbonyl (C=O) groups is 2. The minimum Gasteiger partial charge on any atom is -0.497 e. The number of piperazine rings is 1. The molecule has 2 amide bonds. The molecule has 6 rings (SSSR count). The Morgan fingerprint density at radius 3 is 2.12 bits per heavy atom. The van der Waals surface area contributed by atoms with Crippen molar-refractivity contribution in [2.45, 2.75) is 25.0 Å². The minimum absolute atomic E-state index is 0.0132. The number of hydrogen-bond acceptors (Lipinski definition) is 4. The Morgan fingerprint density at radius 2 is 1.43 bits per heavy atom. The Hall–Kier alpha value is -4.49. The van der Waals surface area contributed by atoms with E-state index in [9.17, 15) is 14.0 Å². The molecule has 0 aromatic heterocycles. The molecule has 0 radical (unpaired) electrons. The van der Waals surface area contributed by atoms with Crippen LogP contribution in [0.1, 0.15) is 44.6 Å². The van der Waals surface area contributed by atoms with E-state index in [1.807, 2.05) is 65.6 Å². The number of fused-ring (bicyclic) bond motifs is 1. The van der Waals surface area contributed by atoms with Crippen LogP contribution in [0.5, 0.6) is 5.75 Å². The molecule has 2 aliphatic rings. The summed E-state index contributed by atoms with van der Waals surface area (Å²) in [5.41, 5.74) is 4.18. The molecule has 0 saturated carbocycles. The maximum atomic E-state index is 14.5. The molecule has 214 valence electrons. The van der Waals surface area contributed by atoms with Gasteiger partial charge < -0.3 is 14.5 Å². The molecule has 2 atom stereocenters. The Kier molecular flexibility index (Phi) is 8.02. The van der Waals surface area contributed by atoms with Crippen molar-refractivity contribution in [3.8, 4) is 5.75 Å². The van der Waals surface area contributed by atoms with Gasteiger partial charge in [0.05, 0.1) is 19.1 Å². The van der Waals surface area contributed by atoms with E-state index >= 15 is 0 Å². The van der Waals surface area contributed by atoms with E-state index in [0.717, 1.165) is 36.3 Å². The highest BCUT2D eigenvalue weighted by Crippen LogP contribution is 2.45. The predicted molar refractivity (Wildman–Crippen MR) is 159 cm³/mol. The summed E-state index contributed by atoms with van der Waals surface area (Å²) in [7, 11) is 1.61. The van der Waals surface area contributed by atoms with E-state index in [0.29, 0.717) is 24.4 Å². The Morgan fingerprint density at radius 1 is 0.786 bits per heavy atom. The van der Waals surface area contributed by atoms with Crippen molar-refractivity contribution in [1.29, 1.82) is 0 Å².